The van der Waals surface area contributed by atoms with Crippen LogP contribution in [-0.2, 0) is 14.3 Å². The zero-order valence-electron chi connectivity index (χ0n) is 5.90. The van der Waals surface area contributed by atoms with Crippen LogP contribution in [0.4, 0.5) is 0 Å². The maximum Gasteiger partial charge on any atom is 0.334 e. The SMILES string of the molecule is COC(=O)C1N=COC1C. The molecule has 0 N–H and O–H groups in total. The van der Waals surface area contributed by atoms with Crippen molar-refractivity contribution in [1.82, 2.24) is 0 Å². The summed E-state index contributed by atoms with van der Waals surface area (Å²) in [5, 5.41) is 0. The fourth-order valence-electron chi connectivity index (χ4n) is 0.766. The minimum Gasteiger partial charge on any atom is -0.478 e. The van der Waals surface area contributed by atoms with Crippen LogP contribution >= 0.6 is 0 Å². The van der Waals surface area contributed by atoms with Crippen LogP contribution in [0.3, 0.4) is 0 Å². The summed E-state index contributed by atoms with van der Waals surface area (Å²) in [6, 6.07) is -0.468. The second kappa shape index (κ2) is 2.68. The third-order valence-electron chi connectivity index (χ3n) is 1.38. The van der Waals surface area contributed by atoms with Crippen molar-refractivity contribution in [3.63, 3.8) is 0 Å². The molecule has 0 bridgehead atoms. The average Bonchev–Trinajstić information content (AvgIpc) is 2.34. The minimum atomic E-state index is -0.468. The molecule has 2 unspecified atom stereocenters. The molecule has 0 saturated carbocycles. The highest BCUT2D eigenvalue weighted by Gasteiger charge is 2.29. The van der Waals surface area contributed by atoms with Gasteiger partial charge in [-0.1, -0.05) is 0 Å². The second-order valence-electron chi connectivity index (χ2n) is 2.06. The average molecular weight is 143 g/mol. The largest absolute Gasteiger partial charge is 0.478 e. The van der Waals surface area contributed by atoms with E-state index in [1.807, 2.05) is 0 Å². The molecule has 0 aromatic heterocycles. The van der Waals surface area contributed by atoms with E-state index in [1.54, 1.807) is 6.92 Å². The molecule has 0 fully saturated rings. The molecule has 2 atom stereocenters. The molecule has 1 aliphatic rings. The van der Waals surface area contributed by atoms with E-state index in [0.717, 1.165) is 0 Å². The third-order valence-corrected chi connectivity index (χ3v) is 1.38. The Balaban J connectivity index is 2.55. The van der Waals surface area contributed by atoms with Gasteiger partial charge in [0.2, 0.25) is 0 Å². The Morgan fingerprint density at radius 1 is 1.80 bits per heavy atom. The van der Waals surface area contributed by atoms with Gasteiger partial charge >= 0.3 is 5.97 Å². The molecule has 56 valence electrons. The first-order chi connectivity index (χ1) is 4.75. The van der Waals surface area contributed by atoms with E-state index in [-0.39, 0.29) is 12.1 Å². The van der Waals surface area contributed by atoms with Gasteiger partial charge in [0.1, 0.15) is 6.10 Å². The molecule has 0 saturated heterocycles. The van der Waals surface area contributed by atoms with Crippen molar-refractivity contribution >= 4 is 12.4 Å². The summed E-state index contributed by atoms with van der Waals surface area (Å²) in [5.41, 5.74) is 0. The molecular formula is C6H9NO3. The van der Waals surface area contributed by atoms with Crippen LogP contribution in [-0.4, -0.2) is 31.6 Å². The van der Waals surface area contributed by atoms with Gasteiger partial charge in [-0.15, -0.1) is 0 Å². The zero-order valence-corrected chi connectivity index (χ0v) is 5.90. The van der Waals surface area contributed by atoms with Crippen LogP contribution < -0.4 is 0 Å². The van der Waals surface area contributed by atoms with Crippen molar-refractivity contribution in [1.29, 1.82) is 0 Å². The predicted molar refractivity (Wildman–Crippen MR) is 34.8 cm³/mol. The smallest absolute Gasteiger partial charge is 0.334 e. The monoisotopic (exact) mass is 143 g/mol. The Hall–Kier alpha value is -1.06. The quantitative estimate of drug-likeness (QED) is 0.484. The molecule has 4 heteroatoms. The van der Waals surface area contributed by atoms with Crippen molar-refractivity contribution in [2.45, 2.75) is 19.1 Å². The van der Waals surface area contributed by atoms with Gasteiger partial charge in [0, 0.05) is 0 Å². The number of rotatable bonds is 1. The number of nitrogens with zero attached hydrogens (tertiary/aromatic N) is 1. The molecule has 4 nitrogen and oxygen atoms in total. The summed E-state index contributed by atoms with van der Waals surface area (Å²) in [7, 11) is 1.34. The predicted octanol–water partition coefficient (Wildman–Crippen LogP) is -0.0250. The van der Waals surface area contributed by atoms with E-state index in [4.69, 9.17) is 4.74 Å². The Morgan fingerprint density at radius 2 is 2.50 bits per heavy atom. The lowest BCUT2D eigenvalue weighted by atomic mass is 10.2. The third kappa shape index (κ3) is 1.10. The van der Waals surface area contributed by atoms with Gasteiger partial charge in [0.25, 0.3) is 0 Å². The number of methoxy groups -OCH3 is 1. The van der Waals surface area contributed by atoms with Crippen LogP contribution in [0.15, 0.2) is 4.99 Å². The molecule has 0 spiro atoms. The summed E-state index contributed by atoms with van der Waals surface area (Å²) in [6.07, 6.45) is 1.10. The van der Waals surface area contributed by atoms with Crippen LogP contribution in [0, 0.1) is 0 Å². The normalized spacial score (nSPS) is 29.8. The van der Waals surface area contributed by atoms with Crippen molar-refractivity contribution in [3.8, 4) is 0 Å². The van der Waals surface area contributed by atoms with Gasteiger partial charge in [-0.2, -0.15) is 0 Å². The standard InChI is InChI=1S/C6H9NO3/c1-4-5(6(8)9-2)7-3-10-4/h3-5H,1-2H3. The first-order valence-corrected chi connectivity index (χ1v) is 3.00. The minimum absolute atomic E-state index is 0.188. The lowest BCUT2D eigenvalue weighted by Gasteiger charge is -2.08. The van der Waals surface area contributed by atoms with Crippen molar-refractivity contribution in [2.24, 2.45) is 4.99 Å². The molecule has 0 amide bonds. The topological polar surface area (TPSA) is 47.9 Å². The number of hydrogen-bond acceptors (Lipinski definition) is 4. The second-order valence-corrected chi connectivity index (χ2v) is 2.06. The first kappa shape index (κ1) is 7.05. The van der Waals surface area contributed by atoms with Gasteiger partial charge in [0.05, 0.1) is 7.11 Å². The Morgan fingerprint density at radius 3 is 2.90 bits per heavy atom. The maximum atomic E-state index is 10.8. The Kier molecular flexibility index (Phi) is 1.89. The molecule has 0 aromatic rings. The van der Waals surface area contributed by atoms with Gasteiger partial charge in [-0.05, 0) is 6.92 Å². The van der Waals surface area contributed by atoms with E-state index in [0.29, 0.717) is 0 Å². The van der Waals surface area contributed by atoms with Crippen molar-refractivity contribution in [2.75, 3.05) is 7.11 Å². The Labute approximate surface area is 58.8 Å². The van der Waals surface area contributed by atoms with Crippen LogP contribution in [0.2, 0.25) is 0 Å². The number of esters is 1. The molecule has 0 radical (unpaired) electrons. The fraction of sp³-hybridized carbons (Fsp3) is 0.667. The summed E-state index contributed by atoms with van der Waals surface area (Å²) < 4.78 is 9.37. The fourth-order valence-corrected chi connectivity index (χ4v) is 0.766. The first-order valence-electron chi connectivity index (χ1n) is 3.00. The van der Waals surface area contributed by atoms with Crippen LogP contribution in [0.5, 0.6) is 0 Å². The van der Waals surface area contributed by atoms with Crippen LogP contribution in [0.25, 0.3) is 0 Å². The number of carbonyl (C=O) groups is 1. The van der Waals surface area contributed by atoms with E-state index < -0.39 is 6.04 Å². The summed E-state index contributed by atoms with van der Waals surface area (Å²) in [4.78, 5) is 14.6. The van der Waals surface area contributed by atoms with E-state index in [2.05, 4.69) is 9.73 Å². The molecule has 1 rings (SSSR count). The number of aliphatic imine (C=N–C) groups is 1. The summed E-state index contributed by atoms with van der Waals surface area (Å²) in [5.74, 6) is -0.346. The van der Waals surface area contributed by atoms with E-state index in [9.17, 15) is 4.79 Å². The molecule has 1 heterocycles. The highest BCUT2D eigenvalue weighted by Crippen LogP contribution is 2.09. The summed E-state index contributed by atoms with van der Waals surface area (Å²) in [6.45, 7) is 1.77. The molecule has 10 heavy (non-hydrogen) atoms. The van der Waals surface area contributed by atoms with E-state index in [1.165, 1.54) is 13.5 Å². The lowest BCUT2D eigenvalue weighted by molar-refractivity contribution is -0.143. The Bertz CT molecular complexity index is 166. The molecule has 0 aliphatic carbocycles. The molecular weight excluding hydrogens is 134 g/mol. The maximum absolute atomic E-state index is 10.8. The van der Waals surface area contributed by atoms with Gasteiger partial charge in [-0.3, -0.25) is 0 Å². The number of hydrogen-bond donors (Lipinski definition) is 0. The number of ether oxygens (including phenoxy) is 2. The molecule has 0 aromatic carbocycles. The molecule has 1 aliphatic heterocycles. The lowest BCUT2D eigenvalue weighted by Crippen LogP contribution is -2.28. The van der Waals surface area contributed by atoms with Crippen molar-refractivity contribution in [3.05, 3.63) is 0 Å². The highest BCUT2D eigenvalue weighted by molar-refractivity contribution is 5.79. The highest BCUT2D eigenvalue weighted by atomic mass is 16.5. The van der Waals surface area contributed by atoms with Crippen molar-refractivity contribution < 1.29 is 14.3 Å². The zero-order chi connectivity index (χ0) is 7.56. The van der Waals surface area contributed by atoms with E-state index >= 15 is 0 Å². The van der Waals surface area contributed by atoms with Gasteiger partial charge in [-0.25, -0.2) is 9.79 Å². The summed E-state index contributed by atoms with van der Waals surface area (Å²) >= 11 is 0. The van der Waals surface area contributed by atoms with Gasteiger partial charge in [0.15, 0.2) is 12.4 Å². The number of carbonyl (C=O) groups excluding carboxylic acids is 1. The van der Waals surface area contributed by atoms with Gasteiger partial charge < -0.3 is 9.47 Å². The van der Waals surface area contributed by atoms with Crippen LogP contribution in [0.1, 0.15) is 6.92 Å².